The highest BCUT2D eigenvalue weighted by atomic mass is 32.2. The molecule has 0 heterocycles. The van der Waals surface area contributed by atoms with Crippen LogP contribution in [-0.2, 0) is 10.0 Å². The number of nitrogen functional groups attached to an aromatic ring is 1. The summed E-state index contributed by atoms with van der Waals surface area (Å²) >= 11 is 0. The maximum Gasteiger partial charge on any atom is 0.238 e. The third-order valence-electron chi connectivity index (χ3n) is 3.33. The first-order chi connectivity index (χ1) is 9.25. The predicted molar refractivity (Wildman–Crippen MR) is 84.2 cm³/mol. The highest BCUT2D eigenvalue weighted by Gasteiger charge is 2.16. The number of primary sulfonamides is 1. The summed E-state index contributed by atoms with van der Waals surface area (Å²) in [4.78, 5) is 0.0840. The van der Waals surface area contributed by atoms with Crippen LogP contribution in [0, 0.1) is 6.92 Å². The summed E-state index contributed by atoms with van der Waals surface area (Å²) < 4.78 is 23.1. The third-order valence-corrected chi connectivity index (χ3v) is 4.37. The van der Waals surface area contributed by atoms with Crippen LogP contribution in [0.3, 0.4) is 0 Å². The molecule has 0 amide bonds. The lowest BCUT2D eigenvalue weighted by molar-refractivity contribution is 0.597. The molecule has 1 rings (SSSR count). The second kappa shape index (κ2) is 6.95. The van der Waals surface area contributed by atoms with Gasteiger partial charge in [-0.1, -0.05) is 26.2 Å². The second-order valence-electron chi connectivity index (χ2n) is 5.28. The molecule has 1 unspecified atom stereocenters. The fourth-order valence-corrected chi connectivity index (χ4v) is 3.03. The fourth-order valence-electron chi connectivity index (χ4n) is 2.19. The van der Waals surface area contributed by atoms with E-state index < -0.39 is 10.0 Å². The number of nitrogens with one attached hydrogen (secondary N) is 1. The van der Waals surface area contributed by atoms with Gasteiger partial charge < -0.3 is 11.1 Å². The Morgan fingerprint density at radius 3 is 2.50 bits per heavy atom. The Labute approximate surface area is 121 Å². The molecule has 5 nitrogen and oxygen atoms in total. The van der Waals surface area contributed by atoms with Gasteiger partial charge in [0.25, 0.3) is 0 Å². The van der Waals surface area contributed by atoms with E-state index >= 15 is 0 Å². The monoisotopic (exact) mass is 299 g/mol. The first kappa shape index (κ1) is 16.8. The normalized spacial score (nSPS) is 13.2. The van der Waals surface area contributed by atoms with E-state index in [4.69, 9.17) is 10.9 Å². The van der Waals surface area contributed by atoms with Crippen molar-refractivity contribution in [2.24, 2.45) is 5.14 Å². The molecule has 0 saturated heterocycles. The Balaban J connectivity index is 2.93. The minimum atomic E-state index is -3.76. The van der Waals surface area contributed by atoms with Crippen LogP contribution in [0.5, 0.6) is 0 Å². The lowest BCUT2D eigenvalue weighted by Crippen LogP contribution is -2.19. The smallest absolute Gasteiger partial charge is 0.238 e. The number of anilines is 2. The van der Waals surface area contributed by atoms with Gasteiger partial charge in [0.1, 0.15) is 0 Å². The number of rotatable bonds is 7. The van der Waals surface area contributed by atoms with Crippen molar-refractivity contribution in [2.45, 2.75) is 57.4 Å². The molecule has 114 valence electrons. The van der Waals surface area contributed by atoms with Crippen LogP contribution in [-0.4, -0.2) is 14.5 Å². The van der Waals surface area contributed by atoms with Crippen molar-refractivity contribution in [3.05, 3.63) is 17.7 Å². The van der Waals surface area contributed by atoms with Gasteiger partial charge in [-0.15, -0.1) is 0 Å². The molecule has 0 spiro atoms. The number of sulfonamides is 1. The molecule has 0 radical (unpaired) electrons. The highest BCUT2D eigenvalue weighted by molar-refractivity contribution is 7.89. The van der Waals surface area contributed by atoms with E-state index in [0.717, 1.165) is 18.5 Å². The van der Waals surface area contributed by atoms with Gasteiger partial charge in [0.05, 0.1) is 4.90 Å². The van der Waals surface area contributed by atoms with Crippen LogP contribution in [0.15, 0.2) is 17.0 Å². The van der Waals surface area contributed by atoms with Gasteiger partial charge >= 0.3 is 0 Å². The molecule has 0 bridgehead atoms. The van der Waals surface area contributed by atoms with Crippen molar-refractivity contribution in [3.8, 4) is 0 Å². The van der Waals surface area contributed by atoms with Gasteiger partial charge in [0.15, 0.2) is 0 Å². The summed E-state index contributed by atoms with van der Waals surface area (Å²) in [5.74, 6) is 0. The zero-order valence-electron chi connectivity index (χ0n) is 12.4. The van der Waals surface area contributed by atoms with Gasteiger partial charge in [-0.2, -0.15) is 0 Å². The van der Waals surface area contributed by atoms with E-state index in [9.17, 15) is 8.42 Å². The number of benzene rings is 1. The number of hydrogen-bond acceptors (Lipinski definition) is 4. The summed E-state index contributed by atoms with van der Waals surface area (Å²) in [7, 11) is -3.76. The van der Waals surface area contributed by atoms with Gasteiger partial charge in [-0.3, -0.25) is 0 Å². The van der Waals surface area contributed by atoms with Crippen LogP contribution >= 0.6 is 0 Å². The summed E-state index contributed by atoms with van der Waals surface area (Å²) in [6.45, 7) is 5.98. The lowest BCUT2D eigenvalue weighted by Gasteiger charge is -2.19. The minimum Gasteiger partial charge on any atom is -0.399 e. The van der Waals surface area contributed by atoms with Gasteiger partial charge in [0.2, 0.25) is 10.0 Å². The molecule has 0 saturated carbocycles. The summed E-state index contributed by atoms with van der Waals surface area (Å²) in [6, 6.07) is 3.41. The van der Waals surface area contributed by atoms with E-state index in [1.54, 1.807) is 13.0 Å². The molecule has 1 atom stereocenters. The molecule has 0 aliphatic heterocycles. The molecule has 0 fully saturated rings. The molecule has 20 heavy (non-hydrogen) atoms. The Morgan fingerprint density at radius 1 is 1.30 bits per heavy atom. The van der Waals surface area contributed by atoms with Crippen LogP contribution < -0.4 is 16.2 Å². The molecular formula is C14H25N3O2S. The van der Waals surface area contributed by atoms with Crippen LogP contribution in [0.2, 0.25) is 0 Å². The average molecular weight is 299 g/mol. The van der Waals surface area contributed by atoms with Gasteiger partial charge in [-0.25, -0.2) is 13.6 Å². The maximum absolute atomic E-state index is 11.5. The van der Waals surface area contributed by atoms with E-state index in [1.807, 2.05) is 0 Å². The quantitative estimate of drug-likeness (QED) is 0.532. The van der Waals surface area contributed by atoms with E-state index in [0.29, 0.717) is 11.3 Å². The largest absolute Gasteiger partial charge is 0.399 e. The predicted octanol–water partition coefficient (Wildman–Crippen LogP) is 2.61. The van der Waals surface area contributed by atoms with Crippen molar-refractivity contribution in [1.82, 2.24) is 0 Å². The number of nitrogens with two attached hydrogens (primary N) is 2. The molecule has 0 aliphatic carbocycles. The molecule has 6 heteroatoms. The Bertz CT molecular complexity index is 556. The summed E-state index contributed by atoms with van der Waals surface area (Å²) in [5, 5.41) is 8.54. The molecular weight excluding hydrogens is 274 g/mol. The Morgan fingerprint density at radius 2 is 1.95 bits per heavy atom. The van der Waals surface area contributed by atoms with Gasteiger partial charge in [-0.05, 0) is 38.0 Å². The van der Waals surface area contributed by atoms with Crippen LogP contribution in [0.1, 0.15) is 45.1 Å². The zero-order chi connectivity index (χ0) is 15.3. The Hall–Kier alpha value is -1.27. The Kier molecular flexibility index (Phi) is 5.83. The third kappa shape index (κ3) is 4.68. The van der Waals surface area contributed by atoms with Crippen LogP contribution in [0.4, 0.5) is 11.4 Å². The van der Waals surface area contributed by atoms with Crippen molar-refractivity contribution < 1.29 is 8.42 Å². The zero-order valence-corrected chi connectivity index (χ0v) is 13.3. The SMILES string of the molecule is CCCCCC(C)Nc1cc(N)cc(S(N)(=O)=O)c1C. The fraction of sp³-hybridized carbons (Fsp3) is 0.571. The first-order valence-electron chi connectivity index (χ1n) is 6.95. The second-order valence-corrected chi connectivity index (χ2v) is 6.81. The summed E-state index contributed by atoms with van der Waals surface area (Å²) in [5.41, 5.74) is 7.50. The number of hydrogen-bond donors (Lipinski definition) is 3. The maximum atomic E-state index is 11.5. The van der Waals surface area contributed by atoms with Crippen LogP contribution in [0.25, 0.3) is 0 Å². The van der Waals surface area contributed by atoms with Crippen molar-refractivity contribution in [3.63, 3.8) is 0 Å². The van der Waals surface area contributed by atoms with Crippen molar-refractivity contribution >= 4 is 21.4 Å². The summed E-state index contributed by atoms with van der Waals surface area (Å²) in [6.07, 6.45) is 4.56. The first-order valence-corrected chi connectivity index (χ1v) is 8.49. The van der Waals surface area contributed by atoms with E-state index in [-0.39, 0.29) is 10.9 Å². The highest BCUT2D eigenvalue weighted by Crippen LogP contribution is 2.27. The van der Waals surface area contributed by atoms with Gasteiger partial charge in [0, 0.05) is 17.4 Å². The average Bonchev–Trinajstić information content (AvgIpc) is 2.32. The van der Waals surface area contributed by atoms with E-state index in [2.05, 4.69) is 19.2 Å². The molecule has 1 aromatic rings. The standard InChI is InChI=1S/C14H25N3O2S/c1-4-5-6-7-10(2)17-13-8-12(15)9-14(11(13)3)20(16,18)19/h8-10,17H,4-7,15H2,1-3H3,(H2,16,18,19). The number of unbranched alkanes of at least 4 members (excludes halogenated alkanes) is 2. The van der Waals surface area contributed by atoms with E-state index in [1.165, 1.54) is 18.9 Å². The molecule has 0 aromatic heterocycles. The van der Waals surface area contributed by atoms with Crippen molar-refractivity contribution in [2.75, 3.05) is 11.1 Å². The minimum absolute atomic E-state index is 0.0840. The molecule has 0 aliphatic rings. The molecule has 1 aromatic carbocycles. The topological polar surface area (TPSA) is 98.2 Å². The van der Waals surface area contributed by atoms with Crippen molar-refractivity contribution in [1.29, 1.82) is 0 Å². The molecule has 5 N–H and O–H groups in total. The lowest BCUT2D eigenvalue weighted by atomic mass is 10.1.